The first-order chi connectivity index (χ1) is 11.4. The van der Waals surface area contributed by atoms with Crippen molar-refractivity contribution in [3.05, 3.63) is 35.6 Å². The van der Waals surface area contributed by atoms with Crippen molar-refractivity contribution in [3.8, 4) is 0 Å². The van der Waals surface area contributed by atoms with Gasteiger partial charge in [-0.3, -0.25) is 14.4 Å². The fraction of sp³-hybridized carbons (Fsp3) is 0.471. The Balaban J connectivity index is 2.01. The number of carboxylic acids is 1. The Bertz CT molecular complexity index is 610. The van der Waals surface area contributed by atoms with Crippen LogP contribution in [-0.4, -0.2) is 40.9 Å². The number of benzene rings is 1. The van der Waals surface area contributed by atoms with Crippen molar-refractivity contribution < 1.29 is 23.9 Å². The number of amides is 2. The third kappa shape index (κ3) is 4.78. The average Bonchev–Trinajstić information content (AvgIpc) is 2.54. The monoisotopic (exact) mass is 336 g/mol. The number of aliphatic carboxylic acids is 1. The lowest BCUT2D eigenvalue weighted by Gasteiger charge is -2.31. The molecule has 0 saturated carbocycles. The summed E-state index contributed by atoms with van der Waals surface area (Å²) in [5, 5.41) is 11.8. The summed E-state index contributed by atoms with van der Waals surface area (Å²) in [5.41, 5.74) is 0.549. The first kappa shape index (κ1) is 17.9. The molecule has 1 atom stereocenters. The van der Waals surface area contributed by atoms with Gasteiger partial charge in [0.1, 0.15) is 5.82 Å². The van der Waals surface area contributed by atoms with E-state index < -0.39 is 17.8 Å². The number of piperidine rings is 1. The number of carbonyl (C=O) groups excluding carboxylic acids is 2. The van der Waals surface area contributed by atoms with Crippen LogP contribution in [0.2, 0.25) is 0 Å². The molecule has 2 N–H and O–H groups in total. The van der Waals surface area contributed by atoms with Crippen molar-refractivity contribution in [2.45, 2.75) is 32.2 Å². The Kier molecular flexibility index (Phi) is 5.89. The van der Waals surface area contributed by atoms with Gasteiger partial charge in [0.25, 0.3) is 0 Å². The molecule has 1 aromatic rings. The van der Waals surface area contributed by atoms with E-state index in [-0.39, 0.29) is 24.2 Å². The highest BCUT2D eigenvalue weighted by Crippen LogP contribution is 2.22. The zero-order valence-corrected chi connectivity index (χ0v) is 13.5. The summed E-state index contributed by atoms with van der Waals surface area (Å²) in [4.78, 5) is 36.5. The second-order valence-corrected chi connectivity index (χ2v) is 5.99. The molecule has 0 spiro atoms. The van der Waals surface area contributed by atoms with Gasteiger partial charge in [0, 0.05) is 25.9 Å². The standard InChI is InChI=1S/C17H21FN2O4/c1-11(21)20-8-6-13(7-9-20)17(24)19-15(10-16(22)23)12-2-4-14(18)5-3-12/h2-5,13,15H,6-10H2,1H3,(H,19,24)(H,22,23). The van der Waals surface area contributed by atoms with Crippen LogP contribution in [0.15, 0.2) is 24.3 Å². The molecule has 2 rings (SSSR count). The first-order valence-corrected chi connectivity index (χ1v) is 7.90. The Morgan fingerprint density at radius 3 is 2.33 bits per heavy atom. The van der Waals surface area contributed by atoms with E-state index in [1.165, 1.54) is 31.2 Å². The van der Waals surface area contributed by atoms with E-state index in [0.29, 0.717) is 31.5 Å². The zero-order valence-electron chi connectivity index (χ0n) is 13.5. The maximum absolute atomic E-state index is 13.0. The van der Waals surface area contributed by atoms with Crippen LogP contribution < -0.4 is 5.32 Å². The second-order valence-electron chi connectivity index (χ2n) is 5.99. The Hall–Kier alpha value is -2.44. The van der Waals surface area contributed by atoms with Crippen molar-refractivity contribution >= 4 is 17.8 Å². The third-order valence-electron chi connectivity index (χ3n) is 4.28. The summed E-state index contributed by atoms with van der Waals surface area (Å²) in [6.45, 7) is 2.54. The molecule has 130 valence electrons. The van der Waals surface area contributed by atoms with Crippen LogP contribution in [-0.2, 0) is 14.4 Å². The van der Waals surface area contributed by atoms with Gasteiger partial charge in [-0.2, -0.15) is 0 Å². The number of likely N-dealkylation sites (tertiary alicyclic amines) is 1. The Morgan fingerprint density at radius 2 is 1.83 bits per heavy atom. The second kappa shape index (κ2) is 7.90. The van der Waals surface area contributed by atoms with Crippen molar-refractivity contribution in [2.24, 2.45) is 5.92 Å². The summed E-state index contributed by atoms with van der Waals surface area (Å²) >= 11 is 0. The fourth-order valence-corrected chi connectivity index (χ4v) is 2.87. The Morgan fingerprint density at radius 1 is 1.25 bits per heavy atom. The van der Waals surface area contributed by atoms with Gasteiger partial charge in [-0.05, 0) is 30.5 Å². The van der Waals surface area contributed by atoms with Gasteiger partial charge in [0.15, 0.2) is 0 Å². The number of hydrogen-bond donors (Lipinski definition) is 2. The average molecular weight is 336 g/mol. The summed E-state index contributed by atoms with van der Waals surface area (Å²) in [6.07, 6.45) is 0.826. The number of halogens is 1. The molecule has 24 heavy (non-hydrogen) atoms. The molecule has 6 nitrogen and oxygen atoms in total. The quantitative estimate of drug-likeness (QED) is 0.857. The minimum Gasteiger partial charge on any atom is -0.481 e. The van der Waals surface area contributed by atoms with Crippen LogP contribution >= 0.6 is 0 Å². The van der Waals surface area contributed by atoms with E-state index in [0.717, 1.165) is 0 Å². The lowest BCUT2D eigenvalue weighted by molar-refractivity contribution is -0.138. The van der Waals surface area contributed by atoms with Crippen LogP contribution in [0, 0.1) is 11.7 Å². The molecule has 0 aromatic heterocycles. The van der Waals surface area contributed by atoms with E-state index in [2.05, 4.69) is 5.32 Å². The smallest absolute Gasteiger partial charge is 0.305 e. The number of carbonyl (C=O) groups is 3. The highest BCUT2D eigenvalue weighted by molar-refractivity contribution is 5.80. The SMILES string of the molecule is CC(=O)N1CCC(C(=O)NC(CC(=O)O)c2ccc(F)cc2)CC1. The van der Waals surface area contributed by atoms with Crippen LogP contribution in [0.4, 0.5) is 4.39 Å². The van der Waals surface area contributed by atoms with Crippen LogP contribution in [0.25, 0.3) is 0 Å². The van der Waals surface area contributed by atoms with E-state index in [9.17, 15) is 18.8 Å². The number of nitrogens with one attached hydrogen (secondary N) is 1. The van der Waals surface area contributed by atoms with Gasteiger partial charge < -0.3 is 15.3 Å². The molecule has 1 saturated heterocycles. The van der Waals surface area contributed by atoms with Crippen LogP contribution in [0.3, 0.4) is 0 Å². The van der Waals surface area contributed by atoms with Gasteiger partial charge in [-0.25, -0.2) is 4.39 Å². The predicted molar refractivity (Wildman–Crippen MR) is 84.5 cm³/mol. The maximum atomic E-state index is 13.0. The number of carboxylic acid groups (broad SMARTS) is 1. The largest absolute Gasteiger partial charge is 0.481 e. The number of hydrogen-bond acceptors (Lipinski definition) is 3. The van der Waals surface area contributed by atoms with E-state index in [4.69, 9.17) is 5.11 Å². The molecule has 1 aliphatic heterocycles. The van der Waals surface area contributed by atoms with E-state index in [1.807, 2.05) is 0 Å². The van der Waals surface area contributed by atoms with E-state index >= 15 is 0 Å². The van der Waals surface area contributed by atoms with E-state index in [1.54, 1.807) is 4.90 Å². The topological polar surface area (TPSA) is 86.7 Å². The molecule has 0 bridgehead atoms. The number of rotatable bonds is 5. The highest BCUT2D eigenvalue weighted by atomic mass is 19.1. The van der Waals surface area contributed by atoms with Gasteiger partial charge in [-0.1, -0.05) is 12.1 Å². The summed E-state index contributed by atoms with van der Waals surface area (Å²) in [6, 6.07) is 4.72. The fourth-order valence-electron chi connectivity index (χ4n) is 2.87. The highest BCUT2D eigenvalue weighted by Gasteiger charge is 2.28. The summed E-state index contributed by atoms with van der Waals surface area (Å²) in [5.74, 6) is -1.96. The first-order valence-electron chi connectivity index (χ1n) is 7.90. The zero-order chi connectivity index (χ0) is 17.7. The van der Waals surface area contributed by atoms with Crippen LogP contribution in [0.5, 0.6) is 0 Å². The minimum atomic E-state index is -1.05. The molecule has 1 aromatic carbocycles. The lowest BCUT2D eigenvalue weighted by Crippen LogP contribution is -2.43. The van der Waals surface area contributed by atoms with Crippen molar-refractivity contribution in [2.75, 3.05) is 13.1 Å². The molecule has 1 heterocycles. The normalized spacial score (nSPS) is 16.5. The van der Waals surface area contributed by atoms with Crippen molar-refractivity contribution in [1.82, 2.24) is 10.2 Å². The van der Waals surface area contributed by atoms with Gasteiger partial charge in [-0.15, -0.1) is 0 Å². The minimum absolute atomic E-state index is 0.0103. The molecular formula is C17H21FN2O4. The maximum Gasteiger partial charge on any atom is 0.305 e. The van der Waals surface area contributed by atoms with Gasteiger partial charge >= 0.3 is 5.97 Å². The summed E-state index contributed by atoms with van der Waals surface area (Å²) in [7, 11) is 0. The molecular weight excluding hydrogens is 315 g/mol. The predicted octanol–water partition coefficient (Wildman–Crippen LogP) is 1.72. The molecule has 0 radical (unpaired) electrons. The molecule has 1 unspecified atom stereocenters. The summed E-state index contributed by atoms with van der Waals surface area (Å²) < 4.78 is 13.0. The van der Waals surface area contributed by atoms with Crippen molar-refractivity contribution in [3.63, 3.8) is 0 Å². The molecule has 2 amide bonds. The molecule has 7 heteroatoms. The van der Waals surface area contributed by atoms with Crippen LogP contribution in [0.1, 0.15) is 37.8 Å². The Labute approximate surface area is 139 Å². The van der Waals surface area contributed by atoms with Crippen molar-refractivity contribution in [1.29, 1.82) is 0 Å². The van der Waals surface area contributed by atoms with Gasteiger partial charge in [0.2, 0.25) is 11.8 Å². The third-order valence-corrected chi connectivity index (χ3v) is 4.28. The number of nitrogens with zero attached hydrogens (tertiary/aromatic N) is 1. The molecule has 1 aliphatic rings. The van der Waals surface area contributed by atoms with Gasteiger partial charge in [0.05, 0.1) is 12.5 Å². The molecule has 0 aliphatic carbocycles. The molecule has 1 fully saturated rings. The lowest BCUT2D eigenvalue weighted by atomic mass is 9.94.